The molecule has 0 bridgehead atoms. The van der Waals surface area contributed by atoms with Gasteiger partial charge in [0.1, 0.15) is 0 Å². The molecule has 1 amide bonds. The van der Waals surface area contributed by atoms with Crippen LogP contribution in [-0.2, 0) is 4.79 Å². The molecule has 0 aliphatic heterocycles. The van der Waals surface area contributed by atoms with Crippen molar-refractivity contribution in [1.29, 1.82) is 0 Å². The summed E-state index contributed by atoms with van der Waals surface area (Å²) in [7, 11) is 0. The lowest BCUT2D eigenvalue weighted by atomic mass is 10.2. The van der Waals surface area contributed by atoms with Crippen LogP contribution in [0.5, 0.6) is 0 Å². The van der Waals surface area contributed by atoms with Crippen molar-refractivity contribution in [3.05, 3.63) is 57.8 Å². The van der Waals surface area contributed by atoms with Gasteiger partial charge < -0.3 is 10.6 Å². The van der Waals surface area contributed by atoms with Crippen molar-refractivity contribution in [2.75, 3.05) is 17.2 Å². The van der Waals surface area contributed by atoms with Crippen molar-refractivity contribution in [3.63, 3.8) is 0 Å². The molecular formula is C15H12BrF3N2O. The summed E-state index contributed by atoms with van der Waals surface area (Å²) in [5.41, 5.74) is 1.25. The Morgan fingerprint density at radius 2 is 1.77 bits per heavy atom. The Labute approximate surface area is 133 Å². The minimum absolute atomic E-state index is 0.138. The average molecular weight is 373 g/mol. The van der Waals surface area contributed by atoms with Gasteiger partial charge in [-0.15, -0.1) is 0 Å². The summed E-state index contributed by atoms with van der Waals surface area (Å²) in [6, 6.07) is 7.18. The lowest BCUT2D eigenvalue weighted by Crippen LogP contribution is -2.23. The molecule has 0 radical (unpaired) electrons. The Morgan fingerprint density at radius 1 is 1.09 bits per heavy atom. The number of hydrogen-bond donors (Lipinski definition) is 2. The van der Waals surface area contributed by atoms with Crippen molar-refractivity contribution in [2.24, 2.45) is 0 Å². The second-order valence-corrected chi connectivity index (χ2v) is 5.50. The van der Waals surface area contributed by atoms with Crippen LogP contribution >= 0.6 is 15.9 Å². The third-order valence-corrected chi connectivity index (χ3v) is 3.43. The minimum atomic E-state index is -1.62. The van der Waals surface area contributed by atoms with Gasteiger partial charge in [0.15, 0.2) is 17.5 Å². The Balaban J connectivity index is 2.00. The Kier molecular flexibility index (Phi) is 5.07. The highest BCUT2D eigenvalue weighted by Crippen LogP contribution is 2.21. The van der Waals surface area contributed by atoms with E-state index in [1.54, 1.807) is 6.07 Å². The molecule has 7 heteroatoms. The second-order valence-electron chi connectivity index (χ2n) is 4.58. The van der Waals surface area contributed by atoms with E-state index in [9.17, 15) is 18.0 Å². The number of carbonyl (C=O) groups excluding carboxylic acids is 1. The molecule has 2 rings (SSSR count). The standard InChI is InChI=1S/C15H12BrF3N2O/c1-8-6-9(16)2-4-11(8)20-7-13(22)21-12-5-3-10(17)14(18)15(12)19/h2-6,20H,7H2,1H3,(H,21,22). The second kappa shape index (κ2) is 6.83. The van der Waals surface area contributed by atoms with E-state index in [0.717, 1.165) is 27.9 Å². The number of anilines is 2. The number of aryl methyl sites for hydroxylation is 1. The van der Waals surface area contributed by atoms with Crippen LogP contribution in [0, 0.1) is 24.4 Å². The van der Waals surface area contributed by atoms with Gasteiger partial charge in [0.05, 0.1) is 12.2 Å². The topological polar surface area (TPSA) is 41.1 Å². The number of amides is 1. The van der Waals surface area contributed by atoms with Crippen molar-refractivity contribution in [2.45, 2.75) is 6.92 Å². The zero-order valence-corrected chi connectivity index (χ0v) is 13.1. The predicted molar refractivity (Wildman–Crippen MR) is 82.3 cm³/mol. The van der Waals surface area contributed by atoms with E-state index in [-0.39, 0.29) is 6.54 Å². The average Bonchev–Trinajstić information content (AvgIpc) is 2.47. The third kappa shape index (κ3) is 3.79. The van der Waals surface area contributed by atoms with Gasteiger partial charge in [0, 0.05) is 10.2 Å². The molecule has 0 aromatic heterocycles. The maximum atomic E-state index is 13.4. The summed E-state index contributed by atoms with van der Waals surface area (Å²) in [6.45, 7) is 1.72. The van der Waals surface area contributed by atoms with Crippen molar-refractivity contribution < 1.29 is 18.0 Å². The van der Waals surface area contributed by atoms with Crippen LogP contribution in [-0.4, -0.2) is 12.5 Å². The van der Waals surface area contributed by atoms with Gasteiger partial charge in [-0.3, -0.25) is 4.79 Å². The molecule has 2 N–H and O–H groups in total. The zero-order valence-electron chi connectivity index (χ0n) is 11.5. The zero-order chi connectivity index (χ0) is 16.3. The molecule has 0 aliphatic rings. The summed E-state index contributed by atoms with van der Waals surface area (Å²) < 4.78 is 40.2. The van der Waals surface area contributed by atoms with Crippen LogP contribution in [0.4, 0.5) is 24.5 Å². The highest BCUT2D eigenvalue weighted by atomic mass is 79.9. The van der Waals surface area contributed by atoms with E-state index in [1.165, 1.54) is 0 Å². The molecule has 2 aromatic rings. The van der Waals surface area contributed by atoms with Gasteiger partial charge in [0.2, 0.25) is 5.91 Å². The van der Waals surface area contributed by atoms with Gasteiger partial charge in [-0.25, -0.2) is 13.2 Å². The van der Waals surface area contributed by atoms with Crippen LogP contribution in [0.25, 0.3) is 0 Å². The smallest absolute Gasteiger partial charge is 0.243 e. The number of rotatable bonds is 4. The Bertz CT molecular complexity index is 722. The molecule has 0 spiro atoms. The lowest BCUT2D eigenvalue weighted by Gasteiger charge is -2.11. The van der Waals surface area contributed by atoms with Gasteiger partial charge >= 0.3 is 0 Å². The predicted octanol–water partition coefficient (Wildman–Crippen LogP) is 4.23. The molecular weight excluding hydrogens is 361 g/mol. The molecule has 0 heterocycles. The van der Waals surface area contributed by atoms with E-state index in [4.69, 9.17) is 0 Å². The lowest BCUT2D eigenvalue weighted by molar-refractivity contribution is -0.114. The van der Waals surface area contributed by atoms with Crippen molar-refractivity contribution in [1.82, 2.24) is 0 Å². The molecule has 116 valence electrons. The number of halogens is 4. The summed E-state index contributed by atoms with van der Waals surface area (Å²) in [5.74, 6) is -4.92. The fraction of sp³-hybridized carbons (Fsp3) is 0.133. The molecule has 0 fully saturated rings. The summed E-state index contributed by atoms with van der Waals surface area (Å²) in [6.07, 6.45) is 0. The van der Waals surface area contributed by atoms with Crippen LogP contribution < -0.4 is 10.6 Å². The largest absolute Gasteiger partial charge is 0.376 e. The van der Waals surface area contributed by atoms with Gasteiger partial charge in [-0.1, -0.05) is 15.9 Å². The van der Waals surface area contributed by atoms with Gasteiger partial charge in [-0.2, -0.15) is 0 Å². The monoisotopic (exact) mass is 372 g/mol. The Morgan fingerprint density at radius 3 is 2.45 bits per heavy atom. The maximum Gasteiger partial charge on any atom is 0.243 e. The number of nitrogens with one attached hydrogen (secondary N) is 2. The van der Waals surface area contributed by atoms with Gasteiger partial charge in [0.25, 0.3) is 0 Å². The number of benzene rings is 2. The molecule has 3 nitrogen and oxygen atoms in total. The molecule has 0 aliphatic carbocycles. The molecule has 0 saturated heterocycles. The van der Waals surface area contributed by atoms with Crippen LogP contribution in [0.15, 0.2) is 34.8 Å². The fourth-order valence-corrected chi connectivity index (χ4v) is 2.29. The first-order valence-electron chi connectivity index (χ1n) is 6.32. The van der Waals surface area contributed by atoms with Crippen LogP contribution in [0.1, 0.15) is 5.56 Å². The van der Waals surface area contributed by atoms with Crippen LogP contribution in [0.3, 0.4) is 0 Å². The van der Waals surface area contributed by atoms with Crippen molar-refractivity contribution >= 4 is 33.2 Å². The molecule has 0 atom stereocenters. The van der Waals surface area contributed by atoms with Crippen LogP contribution in [0.2, 0.25) is 0 Å². The molecule has 2 aromatic carbocycles. The molecule has 22 heavy (non-hydrogen) atoms. The normalized spacial score (nSPS) is 10.4. The third-order valence-electron chi connectivity index (χ3n) is 2.94. The quantitative estimate of drug-likeness (QED) is 0.788. The maximum absolute atomic E-state index is 13.4. The first-order chi connectivity index (χ1) is 10.4. The number of carbonyl (C=O) groups is 1. The molecule has 0 unspecified atom stereocenters. The SMILES string of the molecule is Cc1cc(Br)ccc1NCC(=O)Nc1ccc(F)c(F)c1F. The van der Waals surface area contributed by atoms with Gasteiger partial charge in [-0.05, 0) is 42.8 Å². The van der Waals surface area contributed by atoms with E-state index >= 15 is 0 Å². The highest BCUT2D eigenvalue weighted by molar-refractivity contribution is 9.10. The first kappa shape index (κ1) is 16.4. The highest BCUT2D eigenvalue weighted by Gasteiger charge is 2.15. The van der Waals surface area contributed by atoms with E-state index in [0.29, 0.717) is 0 Å². The fourth-order valence-electron chi connectivity index (χ4n) is 1.82. The minimum Gasteiger partial charge on any atom is -0.376 e. The first-order valence-corrected chi connectivity index (χ1v) is 7.11. The van der Waals surface area contributed by atoms with Crippen molar-refractivity contribution in [3.8, 4) is 0 Å². The summed E-state index contributed by atoms with van der Waals surface area (Å²) >= 11 is 3.33. The number of hydrogen-bond acceptors (Lipinski definition) is 2. The van der Waals surface area contributed by atoms with E-state index < -0.39 is 29.0 Å². The molecule has 0 saturated carbocycles. The summed E-state index contributed by atoms with van der Waals surface area (Å²) in [4.78, 5) is 11.7. The Hall–Kier alpha value is -2.02. The van der Waals surface area contributed by atoms with E-state index in [2.05, 4.69) is 26.6 Å². The van der Waals surface area contributed by atoms with E-state index in [1.807, 2.05) is 19.1 Å². The summed E-state index contributed by atoms with van der Waals surface area (Å²) in [5, 5.41) is 5.07.